The van der Waals surface area contributed by atoms with Crippen molar-refractivity contribution in [3.63, 3.8) is 0 Å². The summed E-state index contributed by atoms with van der Waals surface area (Å²) >= 11 is 0. The van der Waals surface area contributed by atoms with Crippen molar-refractivity contribution in [1.82, 2.24) is 4.90 Å². The van der Waals surface area contributed by atoms with E-state index in [9.17, 15) is 21.6 Å². The summed E-state index contributed by atoms with van der Waals surface area (Å²) in [4.78, 5) is 1.38. The van der Waals surface area contributed by atoms with Crippen molar-refractivity contribution in [2.24, 2.45) is 11.7 Å². The number of hydrogen-bond acceptors (Lipinski definition) is 4. The number of nitrogens with one attached hydrogen (secondary N) is 1. The van der Waals surface area contributed by atoms with Gasteiger partial charge in [0, 0.05) is 19.6 Å². The second-order valence-electron chi connectivity index (χ2n) is 4.00. The molecule has 0 aliphatic carbocycles. The van der Waals surface area contributed by atoms with Crippen LogP contribution in [0.4, 0.5) is 13.2 Å². The first-order chi connectivity index (χ1) is 7.62. The highest BCUT2D eigenvalue weighted by Crippen LogP contribution is 2.27. The third kappa shape index (κ3) is 4.15. The van der Waals surface area contributed by atoms with Crippen LogP contribution in [0.15, 0.2) is 0 Å². The lowest BCUT2D eigenvalue weighted by molar-refractivity contribution is -0.159. The van der Waals surface area contributed by atoms with E-state index in [-0.39, 0.29) is 24.6 Å². The average Bonchev–Trinajstić information content (AvgIpc) is 2.13. The van der Waals surface area contributed by atoms with Crippen LogP contribution in [0.1, 0.15) is 0 Å². The third-order valence-corrected chi connectivity index (χ3v) is 4.26. The highest BCUT2D eigenvalue weighted by molar-refractivity contribution is 7.91. The molecular weight excluding hydrogens is 259 g/mol. The third-order valence-electron chi connectivity index (χ3n) is 2.65. The molecule has 1 aliphatic heterocycles. The molecule has 0 amide bonds. The van der Waals surface area contributed by atoms with Gasteiger partial charge in [-0.05, 0) is 0 Å². The molecule has 5 nitrogen and oxygen atoms in total. The van der Waals surface area contributed by atoms with Gasteiger partial charge in [0.15, 0.2) is 9.84 Å². The predicted molar refractivity (Wildman–Crippen MR) is 56.6 cm³/mol. The Morgan fingerprint density at radius 2 is 1.82 bits per heavy atom. The standard InChI is InChI=1S/C8H14F3N3O2S/c9-8(10,11)6(7(12)13)5-14-1-3-17(15,16)4-2-14/h6H,1-5H2,(H3,12,13). The molecular formula is C8H14F3N3O2S. The van der Waals surface area contributed by atoms with Crippen LogP contribution in [-0.4, -0.2) is 56.5 Å². The molecule has 1 atom stereocenters. The van der Waals surface area contributed by atoms with Gasteiger partial charge in [-0.2, -0.15) is 13.2 Å². The summed E-state index contributed by atoms with van der Waals surface area (Å²) in [6, 6.07) is 0. The number of nitrogens with zero attached hydrogens (tertiary/aromatic N) is 1. The monoisotopic (exact) mass is 273 g/mol. The van der Waals surface area contributed by atoms with Crippen molar-refractivity contribution >= 4 is 15.7 Å². The zero-order chi connectivity index (χ0) is 13.3. The number of sulfone groups is 1. The van der Waals surface area contributed by atoms with Gasteiger partial charge < -0.3 is 10.6 Å². The SMILES string of the molecule is N=C(N)C(CN1CCS(=O)(=O)CC1)C(F)(F)F. The topological polar surface area (TPSA) is 87.2 Å². The molecule has 1 heterocycles. The van der Waals surface area contributed by atoms with E-state index in [2.05, 4.69) is 0 Å². The first-order valence-electron chi connectivity index (χ1n) is 4.95. The molecule has 0 radical (unpaired) electrons. The Morgan fingerprint density at radius 3 is 2.18 bits per heavy atom. The van der Waals surface area contributed by atoms with E-state index >= 15 is 0 Å². The molecule has 0 bridgehead atoms. The average molecular weight is 273 g/mol. The van der Waals surface area contributed by atoms with Crippen LogP contribution in [0.3, 0.4) is 0 Å². The zero-order valence-corrected chi connectivity index (χ0v) is 9.81. The molecule has 1 aliphatic rings. The van der Waals surface area contributed by atoms with Crippen LogP contribution in [-0.2, 0) is 9.84 Å². The van der Waals surface area contributed by atoms with Gasteiger partial charge in [-0.1, -0.05) is 0 Å². The Balaban J connectivity index is 2.62. The Kier molecular flexibility index (Phi) is 4.03. The summed E-state index contributed by atoms with van der Waals surface area (Å²) in [5.41, 5.74) is 4.91. The van der Waals surface area contributed by atoms with E-state index in [0.29, 0.717) is 0 Å². The quantitative estimate of drug-likeness (QED) is 0.552. The number of halogens is 3. The number of rotatable bonds is 3. The summed E-state index contributed by atoms with van der Waals surface area (Å²) in [5.74, 6) is -3.25. The normalized spacial score (nSPS) is 23.2. The van der Waals surface area contributed by atoms with Crippen LogP contribution >= 0.6 is 0 Å². The van der Waals surface area contributed by atoms with Crippen molar-refractivity contribution < 1.29 is 21.6 Å². The number of nitrogens with two attached hydrogens (primary N) is 1. The minimum atomic E-state index is -4.57. The van der Waals surface area contributed by atoms with Gasteiger partial charge in [-0.3, -0.25) is 5.41 Å². The Morgan fingerprint density at radius 1 is 1.35 bits per heavy atom. The van der Waals surface area contributed by atoms with E-state index in [1.807, 2.05) is 0 Å². The first kappa shape index (κ1) is 14.2. The van der Waals surface area contributed by atoms with Gasteiger partial charge in [-0.25, -0.2) is 8.42 Å². The van der Waals surface area contributed by atoms with Crippen molar-refractivity contribution in [2.45, 2.75) is 6.18 Å². The molecule has 1 rings (SSSR count). The van der Waals surface area contributed by atoms with Crippen molar-refractivity contribution in [3.8, 4) is 0 Å². The molecule has 3 N–H and O–H groups in total. The highest BCUT2D eigenvalue weighted by Gasteiger charge is 2.43. The molecule has 1 unspecified atom stereocenters. The summed E-state index contributed by atoms with van der Waals surface area (Å²) in [7, 11) is -3.12. The highest BCUT2D eigenvalue weighted by atomic mass is 32.2. The van der Waals surface area contributed by atoms with Crippen LogP contribution in [0.5, 0.6) is 0 Å². The molecule has 0 aromatic carbocycles. The van der Waals surface area contributed by atoms with Gasteiger partial charge in [0.1, 0.15) is 11.8 Å². The summed E-state index contributed by atoms with van der Waals surface area (Å²) in [6.45, 7) is -0.335. The van der Waals surface area contributed by atoms with E-state index in [0.717, 1.165) is 0 Å². The van der Waals surface area contributed by atoms with Crippen LogP contribution in [0.25, 0.3) is 0 Å². The lowest BCUT2D eigenvalue weighted by atomic mass is 10.1. The van der Waals surface area contributed by atoms with Crippen molar-refractivity contribution in [2.75, 3.05) is 31.1 Å². The maximum atomic E-state index is 12.5. The van der Waals surface area contributed by atoms with Crippen molar-refractivity contribution in [3.05, 3.63) is 0 Å². The minimum absolute atomic E-state index is 0.0577. The van der Waals surface area contributed by atoms with E-state index in [1.54, 1.807) is 0 Å². The molecule has 100 valence electrons. The number of alkyl halides is 3. The zero-order valence-electron chi connectivity index (χ0n) is 9.00. The molecule has 1 fully saturated rings. The Bertz CT molecular complexity index is 379. The number of hydrogen-bond donors (Lipinski definition) is 2. The fourth-order valence-electron chi connectivity index (χ4n) is 1.57. The van der Waals surface area contributed by atoms with Gasteiger partial charge in [0.05, 0.1) is 11.5 Å². The summed E-state index contributed by atoms with van der Waals surface area (Å²) in [5, 5.41) is 6.92. The second-order valence-corrected chi connectivity index (χ2v) is 6.31. The fraction of sp³-hybridized carbons (Fsp3) is 0.875. The van der Waals surface area contributed by atoms with Crippen LogP contribution in [0, 0.1) is 11.3 Å². The molecule has 0 spiro atoms. The maximum absolute atomic E-state index is 12.5. The predicted octanol–water partition coefficient (Wildman–Crippen LogP) is -0.169. The second kappa shape index (κ2) is 4.81. The van der Waals surface area contributed by atoms with Gasteiger partial charge in [0.2, 0.25) is 0 Å². The summed E-state index contributed by atoms with van der Waals surface area (Å²) < 4.78 is 59.7. The molecule has 0 aromatic heterocycles. The van der Waals surface area contributed by atoms with E-state index in [4.69, 9.17) is 11.1 Å². The van der Waals surface area contributed by atoms with Crippen molar-refractivity contribution in [1.29, 1.82) is 5.41 Å². The van der Waals surface area contributed by atoms with Gasteiger partial charge >= 0.3 is 6.18 Å². The van der Waals surface area contributed by atoms with Gasteiger partial charge in [0.25, 0.3) is 0 Å². The molecule has 0 aromatic rings. The van der Waals surface area contributed by atoms with E-state index < -0.39 is 34.3 Å². The van der Waals surface area contributed by atoms with Gasteiger partial charge in [-0.15, -0.1) is 0 Å². The number of amidine groups is 1. The van der Waals surface area contributed by atoms with Crippen LogP contribution < -0.4 is 5.73 Å². The minimum Gasteiger partial charge on any atom is -0.387 e. The molecule has 9 heteroatoms. The molecule has 0 saturated carbocycles. The largest absolute Gasteiger partial charge is 0.399 e. The smallest absolute Gasteiger partial charge is 0.387 e. The lowest BCUT2D eigenvalue weighted by Gasteiger charge is -2.30. The van der Waals surface area contributed by atoms with E-state index in [1.165, 1.54) is 4.90 Å². The van der Waals surface area contributed by atoms with Crippen LogP contribution in [0.2, 0.25) is 0 Å². The lowest BCUT2D eigenvalue weighted by Crippen LogP contribution is -2.48. The Hall–Kier alpha value is -0.830. The fourth-order valence-corrected chi connectivity index (χ4v) is 2.85. The maximum Gasteiger partial charge on any atom is 0.399 e. The molecule has 17 heavy (non-hydrogen) atoms. The summed E-state index contributed by atoms with van der Waals surface area (Å²) in [6.07, 6.45) is -4.57. The first-order valence-corrected chi connectivity index (χ1v) is 6.77. The Labute approximate surface area is 97.2 Å². The molecule has 1 saturated heterocycles.